The Morgan fingerprint density at radius 2 is 1.51 bits per heavy atom. The topological polar surface area (TPSA) is 269 Å². The summed E-state index contributed by atoms with van der Waals surface area (Å²) in [6.45, 7) is 0.360. The molecule has 0 aliphatic heterocycles. The Labute approximate surface area is 236 Å². The zero-order valence-corrected chi connectivity index (χ0v) is 22.5. The number of nitrogens with two attached hydrogens (primary N) is 3. The molecule has 2 aromatic rings. The molecule has 0 saturated heterocycles. The molecule has 0 saturated carbocycles. The average Bonchev–Trinajstić information content (AvgIpc) is 3.44. The number of rotatable bonds is 18. The molecule has 15 nitrogen and oxygen atoms in total. The van der Waals surface area contributed by atoms with E-state index in [0.29, 0.717) is 30.6 Å². The van der Waals surface area contributed by atoms with Gasteiger partial charge < -0.3 is 48.3 Å². The van der Waals surface area contributed by atoms with E-state index in [1.807, 2.05) is 0 Å². The number of unbranched alkanes of at least 4 members (excludes halogenated alkanes) is 1. The molecule has 0 aliphatic rings. The minimum absolute atomic E-state index is 0.000333. The number of imidazole rings is 1. The molecule has 4 atom stereocenters. The van der Waals surface area contributed by atoms with Crippen molar-refractivity contribution in [1.29, 1.82) is 0 Å². The summed E-state index contributed by atoms with van der Waals surface area (Å²) in [6.07, 6.45) is 3.78. The first kappa shape index (κ1) is 32.7. The number of aromatic hydroxyl groups is 1. The minimum Gasteiger partial charge on any atom is -0.508 e. The van der Waals surface area contributed by atoms with E-state index in [1.165, 1.54) is 24.7 Å². The first-order valence-corrected chi connectivity index (χ1v) is 13.1. The summed E-state index contributed by atoms with van der Waals surface area (Å²) >= 11 is 0. The summed E-state index contributed by atoms with van der Waals surface area (Å²) in [5.41, 5.74) is 17.6. The first-order chi connectivity index (χ1) is 19.5. The standard InChI is InChI=1S/C26H38N8O7/c27-10-2-1-3-19(32-23(37)18(28)8-9-22(29)36)24(38)33-20(11-15-4-6-17(35)7-5-15)25(39)34-21(26(40)41)12-16-13-30-14-31-16/h4-7,13-14,18-21,35H,1-3,8-12,27-28H2,(H2,29,36)(H,30,31)(H,32,37)(H,33,38)(H,34,39)(H,40,41). The van der Waals surface area contributed by atoms with Crippen LogP contribution in [-0.4, -0.2) is 80.5 Å². The van der Waals surface area contributed by atoms with Crippen molar-refractivity contribution in [2.75, 3.05) is 6.54 Å². The molecule has 0 aliphatic carbocycles. The van der Waals surface area contributed by atoms with Gasteiger partial charge in [0, 0.05) is 31.2 Å². The number of carbonyl (C=O) groups excluding carboxylic acids is 4. The normalized spacial score (nSPS) is 13.8. The molecule has 0 fully saturated rings. The summed E-state index contributed by atoms with van der Waals surface area (Å²) in [7, 11) is 0. The van der Waals surface area contributed by atoms with E-state index in [-0.39, 0.29) is 37.9 Å². The number of phenolic OH excluding ortho intramolecular Hbond substituents is 1. The summed E-state index contributed by atoms with van der Waals surface area (Å²) in [5.74, 6) is -4.07. The van der Waals surface area contributed by atoms with E-state index >= 15 is 0 Å². The summed E-state index contributed by atoms with van der Waals surface area (Å²) < 4.78 is 0. The van der Waals surface area contributed by atoms with Gasteiger partial charge in [-0.3, -0.25) is 19.2 Å². The van der Waals surface area contributed by atoms with E-state index in [0.717, 1.165) is 0 Å². The van der Waals surface area contributed by atoms with E-state index < -0.39 is 53.8 Å². The van der Waals surface area contributed by atoms with Gasteiger partial charge in [0.2, 0.25) is 23.6 Å². The van der Waals surface area contributed by atoms with Crippen molar-refractivity contribution in [3.63, 3.8) is 0 Å². The van der Waals surface area contributed by atoms with E-state index in [4.69, 9.17) is 17.2 Å². The zero-order chi connectivity index (χ0) is 30.4. The number of carboxylic acids is 1. The van der Waals surface area contributed by atoms with Crippen LogP contribution in [0, 0.1) is 0 Å². The molecule has 12 N–H and O–H groups in total. The number of nitrogens with zero attached hydrogens (tertiary/aromatic N) is 1. The highest BCUT2D eigenvalue weighted by atomic mass is 16.4. The predicted molar refractivity (Wildman–Crippen MR) is 147 cm³/mol. The number of primary amides is 1. The molecular weight excluding hydrogens is 536 g/mol. The number of aromatic amines is 1. The number of amides is 4. The number of H-pyrrole nitrogens is 1. The van der Waals surface area contributed by atoms with Gasteiger partial charge in [0.05, 0.1) is 12.4 Å². The van der Waals surface area contributed by atoms with Gasteiger partial charge in [-0.1, -0.05) is 12.1 Å². The van der Waals surface area contributed by atoms with Crippen molar-refractivity contribution in [3.05, 3.63) is 48.0 Å². The number of hydrogen-bond acceptors (Lipinski definition) is 9. The third-order valence-electron chi connectivity index (χ3n) is 6.22. The van der Waals surface area contributed by atoms with Gasteiger partial charge in [0.25, 0.3) is 0 Å². The molecule has 1 aromatic heterocycles. The first-order valence-electron chi connectivity index (χ1n) is 13.1. The highest BCUT2D eigenvalue weighted by Gasteiger charge is 2.30. The molecule has 1 heterocycles. The zero-order valence-electron chi connectivity index (χ0n) is 22.5. The maximum absolute atomic E-state index is 13.4. The molecule has 4 amide bonds. The van der Waals surface area contributed by atoms with Gasteiger partial charge in [-0.2, -0.15) is 0 Å². The Kier molecular flexibility index (Phi) is 13.2. The predicted octanol–water partition coefficient (Wildman–Crippen LogP) is -1.84. The summed E-state index contributed by atoms with van der Waals surface area (Å²) in [4.78, 5) is 68.9. The number of nitrogens with one attached hydrogen (secondary N) is 4. The lowest BCUT2D eigenvalue weighted by molar-refractivity contribution is -0.142. The molecule has 0 spiro atoms. The number of hydrogen-bond donors (Lipinski definition) is 9. The van der Waals surface area contributed by atoms with Crippen molar-refractivity contribution in [3.8, 4) is 5.75 Å². The van der Waals surface area contributed by atoms with Crippen molar-refractivity contribution in [1.82, 2.24) is 25.9 Å². The second kappa shape index (κ2) is 16.6. The van der Waals surface area contributed by atoms with E-state index in [1.54, 1.807) is 12.1 Å². The highest BCUT2D eigenvalue weighted by molar-refractivity contribution is 5.94. The fraction of sp³-hybridized carbons (Fsp3) is 0.462. The Bertz CT molecular complexity index is 1160. The van der Waals surface area contributed by atoms with Crippen LogP contribution in [0.5, 0.6) is 5.75 Å². The second-order valence-corrected chi connectivity index (χ2v) is 9.57. The van der Waals surface area contributed by atoms with Crippen molar-refractivity contribution in [2.45, 2.75) is 69.1 Å². The number of aromatic nitrogens is 2. The van der Waals surface area contributed by atoms with Crippen LogP contribution in [0.15, 0.2) is 36.8 Å². The van der Waals surface area contributed by atoms with Crippen LogP contribution in [-0.2, 0) is 36.8 Å². The lowest BCUT2D eigenvalue weighted by Crippen LogP contribution is -2.57. The molecule has 15 heteroatoms. The van der Waals surface area contributed by atoms with Crippen LogP contribution in [0.1, 0.15) is 43.4 Å². The van der Waals surface area contributed by atoms with Gasteiger partial charge in [-0.05, 0) is 49.9 Å². The van der Waals surface area contributed by atoms with Crippen LogP contribution in [0.2, 0.25) is 0 Å². The Balaban J connectivity index is 2.23. The number of phenols is 1. The quantitative estimate of drug-likeness (QED) is 0.0897. The molecular formula is C26H38N8O7. The fourth-order valence-electron chi connectivity index (χ4n) is 3.91. The average molecular weight is 575 g/mol. The lowest BCUT2D eigenvalue weighted by Gasteiger charge is -2.25. The molecule has 224 valence electrons. The van der Waals surface area contributed by atoms with Crippen LogP contribution in [0.3, 0.4) is 0 Å². The van der Waals surface area contributed by atoms with Crippen LogP contribution in [0.4, 0.5) is 0 Å². The van der Waals surface area contributed by atoms with Gasteiger partial charge in [0.15, 0.2) is 0 Å². The molecule has 0 radical (unpaired) electrons. The largest absolute Gasteiger partial charge is 0.508 e. The summed E-state index contributed by atoms with van der Waals surface area (Å²) in [6, 6.07) is 1.17. The Morgan fingerprint density at radius 1 is 0.878 bits per heavy atom. The Hall–Kier alpha value is -4.50. The maximum atomic E-state index is 13.4. The molecule has 41 heavy (non-hydrogen) atoms. The van der Waals surface area contributed by atoms with E-state index in [9.17, 15) is 34.2 Å². The smallest absolute Gasteiger partial charge is 0.326 e. The molecule has 1 aromatic carbocycles. The maximum Gasteiger partial charge on any atom is 0.326 e. The molecule has 2 rings (SSSR count). The monoisotopic (exact) mass is 574 g/mol. The SMILES string of the molecule is NCCCCC(NC(=O)C(N)CCC(N)=O)C(=O)NC(Cc1ccc(O)cc1)C(=O)NC(Cc1cnc[nH]1)C(=O)O. The van der Waals surface area contributed by atoms with Crippen LogP contribution in [0.25, 0.3) is 0 Å². The van der Waals surface area contributed by atoms with Crippen molar-refractivity contribution < 1.29 is 34.2 Å². The van der Waals surface area contributed by atoms with Crippen molar-refractivity contribution in [2.24, 2.45) is 17.2 Å². The molecule has 4 unspecified atom stereocenters. The fourth-order valence-corrected chi connectivity index (χ4v) is 3.91. The molecule has 0 bridgehead atoms. The third kappa shape index (κ3) is 11.6. The van der Waals surface area contributed by atoms with E-state index in [2.05, 4.69) is 25.9 Å². The highest BCUT2D eigenvalue weighted by Crippen LogP contribution is 2.13. The van der Waals surface area contributed by atoms with Gasteiger partial charge in [0.1, 0.15) is 23.9 Å². The lowest BCUT2D eigenvalue weighted by atomic mass is 10.0. The number of benzene rings is 1. The van der Waals surface area contributed by atoms with Crippen LogP contribution >= 0.6 is 0 Å². The van der Waals surface area contributed by atoms with Gasteiger partial charge in [-0.25, -0.2) is 9.78 Å². The minimum atomic E-state index is -1.33. The number of carbonyl (C=O) groups is 5. The third-order valence-corrected chi connectivity index (χ3v) is 6.22. The number of carboxylic acid groups (broad SMARTS) is 1. The summed E-state index contributed by atoms with van der Waals surface area (Å²) in [5, 5.41) is 26.9. The van der Waals surface area contributed by atoms with Crippen LogP contribution < -0.4 is 33.2 Å². The second-order valence-electron chi connectivity index (χ2n) is 9.57. The van der Waals surface area contributed by atoms with Gasteiger partial charge in [-0.15, -0.1) is 0 Å². The van der Waals surface area contributed by atoms with Gasteiger partial charge >= 0.3 is 5.97 Å². The Morgan fingerprint density at radius 3 is 2.10 bits per heavy atom. The number of aliphatic carboxylic acids is 1. The van der Waals surface area contributed by atoms with Crippen molar-refractivity contribution >= 4 is 29.6 Å².